The number of carbonyl (C=O) groups excluding carboxylic acids is 1. The minimum atomic E-state index is -0.795. The van der Waals surface area contributed by atoms with Crippen LogP contribution in [0.4, 0.5) is 4.79 Å². The van der Waals surface area contributed by atoms with Crippen LogP contribution in [-0.2, 0) is 9.53 Å². The van der Waals surface area contributed by atoms with E-state index in [2.05, 4.69) is 5.32 Å². The van der Waals surface area contributed by atoms with E-state index in [4.69, 9.17) is 9.84 Å². The minimum absolute atomic E-state index is 0.115. The highest BCUT2D eigenvalue weighted by Crippen LogP contribution is 2.10. The molecule has 1 fully saturated rings. The number of nitrogens with zero attached hydrogens (tertiary/aromatic N) is 1. The molecule has 1 aliphatic heterocycles. The maximum atomic E-state index is 11.7. The normalized spacial score (nSPS) is 19.0. The number of likely N-dealkylation sites (N-methyl/N-ethyl adjacent to an activating group) is 1. The quantitative estimate of drug-likeness (QED) is 0.673. The lowest BCUT2D eigenvalue weighted by Gasteiger charge is -2.23. The first-order valence-electron chi connectivity index (χ1n) is 5.91. The van der Waals surface area contributed by atoms with Crippen molar-refractivity contribution < 1.29 is 19.4 Å². The molecule has 0 aromatic carbocycles. The van der Waals surface area contributed by atoms with E-state index >= 15 is 0 Å². The summed E-state index contributed by atoms with van der Waals surface area (Å²) in [5.41, 5.74) is 0. The van der Waals surface area contributed by atoms with Gasteiger partial charge < -0.3 is 20.1 Å². The van der Waals surface area contributed by atoms with Crippen LogP contribution in [0.15, 0.2) is 0 Å². The van der Waals surface area contributed by atoms with E-state index in [1.807, 2.05) is 0 Å². The Kier molecular flexibility index (Phi) is 5.76. The Bertz CT molecular complexity index is 264. The molecule has 1 atom stereocenters. The molecule has 1 aliphatic rings. The van der Waals surface area contributed by atoms with E-state index in [0.29, 0.717) is 32.6 Å². The van der Waals surface area contributed by atoms with Gasteiger partial charge in [-0.05, 0) is 19.3 Å². The summed E-state index contributed by atoms with van der Waals surface area (Å²) in [4.78, 5) is 23.6. The summed E-state index contributed by atoms with van der Waals surface area (Å²) in [7, 11) is 1.76. The monoisotopic (exact) mass is 244 g/mol. The van der Waals surface area contributed by atoms with Crippen molar-refractivity contribution in [2.75, 3.05) is 26.8 Å². The fourth-order valence-corrected chi connectivity index (χ4v) is 1.71. The first-order valence-corrected chi connectivity index (χ1v) is 5.91. The van der Waals surface area contributed by atoms with Gasteiger partial charge in [-0.25, -0.2) is 4.79 Å². The average Bonchev–Trinajstić information content (AvgIpc) is 2.80. The van der Waals surface area contributed by atoms with Gasteiger partial charge in [0, 0.05) is 26.6 Å². The fraction of sp³-hybridized carbons (Fsp3) is 0.818. The average molecular weight is 244 g/mol. The van der Waals surface area contributed by atoms with Crippen molar-refractivity contribution in [3.05, 3.63) is 0 Å². The third-order valence-electron chi connectivity index (χ3n) is 2.87. The number of aliphatic carboxylic acids is 1. The Morgan fingerprint density at radius 3 is 2.82 bits per heavy atom. The summed E-state index contributed by atoms with van der Waals surface area (Å²) in [6, 6.07) is 0.0462. The number of ether oxygens (including phenoxy) is 1. The molecule has 17 heavy (non-hydrogen) atoms. The number of carbonyl (C=O) groups is 2. The number of carboxylic acid groups (broad SMARTS) is 1. The number of hydrogen-bond donors (Lipinski definition) is 2. The molecule has 0 aromatic rings. The molecule has 6 heteroatoms. The first kappa shape index (κ1) is 13.8. The van der Waals surface area contributed by atoms with Crippen molar-refractivity contribution in [1.29, 1.82) is 0 Å². The highest BCUT2D eigenvalue weighted by atomic mass is 16.5. The molecule has 2 N–H and O–H groups in total. The van der Waals surface area contributed by atoms with Crippen LogP contribution in [0.1, 0.15) is 25.7 Å². The lowest BCUT2D eigenvalue weighted by atomic mass is 10.2. The molecule has 1 saturated heterocycles. The van der Waals surface area contributed by atoms with Crippen molar-refractivity contribution in [2.45, 2.75) is 31.7 Å². The largest absolute Gasteiger partial charge is 0.481 e. The topological polar surface area (TPSA) is 78.9 Å². The number of rotatable bonds is 6. The van der Waals surface area contributed by atoms with E-state index in [1.54, 1.807) is 11.9 Å². The van der Waals surface area contributed by atoms with E-state index < -0.39 is 5.97 Å². The van der Waals surface area contributed by atoms with E-state index in [0.717, 1.165) is 6.42 Å². The van der Waals surface area contributed by atoms with Crippen LogP contribution in [0, 0.1) is 0 Å². The molecule has 0 saturated carbocycles. The van der Waals surface area contributed by atoms with Gasteiger partial charge in [-0.1, -0.05) is 0 Å². The summed E-state index contributed by atoms with van der Waals surface area (Å²) < 4.78 is 5.21. The lowest BCUT2D eigenvalue weighted by molar-refractivity contribution is -0.137. The standard InChI is InChI=1S/C11H20N2O4/c1-13(9-5-7-17-8-9)11(16)12-6-3-2-4-10(14)15/h9H,2-8H2,1H3,(H,12,16)(H,14,15). The number of nitrogens with one attached hydrogen (secondary N) is 1. The van der Waals surface area contributed by atoms with E-state index in [1.165, 1.54) is 0 Å². The smallest absolute Gasteiger partial charge is 0.317 e. The van der Waals surface area contributed by atoms with Gasteiger partial charge in [0.25, 0.3) is 0 Å². The first-order chi connectivity index (χ1) is 8.11. The summed E-state index contributed by atoms with van der Waals surface area (Å²) in [5.74, 6) is -0.795. The zero-order valence-corrected chi connectivity index (χ0v) is 10.1. The number of urea groups is 1. The highest BCUT2D eigenvalue weighted by Gasteiger charge is 2.23. The minimum Gasteiger partial charge on any atom is -0.481 e. The van der Waals surface area contributed by atoms with Crippen molar-refractivity contribution in [1.82, 2.24) is 10.2 Å². The Hall–Kier alpha value is -1.30. The SMILES string of the molecule is CN(C(=O)NCCCCC(=O)O)C1CCOC1. The Morgan fingerprint density at radius 1 is 1.47 bits per heavy atom. The Morgan fingerprint density at radius 2 is 2.24 bits per heavy atom. The zero-order chi connectivity index (χ0) is 12.7. The van der Waals surface area contributed by atoms with Crippen LogP contribution in [-0.4, -0.2) is 54.9 Å². The van der Waals surface area contributed by atoms with Crippen molar-refractivity contribution in [3.8, 4) is 0 Å². The molecular formula is C11H20N2O4. The molecule has 0 aliphatic carbocycles. The van der Waals surface area contributed by atoms with Gasteiger partial charge in [0.1, 0.15) is 0 Å². The van der Waals surface area contributed by atoms with Gasteiger partial charge in [0.05, 0.1) is 12.6 Å². The molecule has 0 bridgehead atoms. The fourth-order valence-electron chi connectivity index (χ4n) is 1.71. The van der Waals surface area contributed by atoms with Crippen LogP contribution in [0.5, 0.6) is 0 Å². The molecule has 1 rings (SSSR count). The van der Waals surface area contributed by atoms with Crippen molar-refractivity contribution in [3.63, 3.8) is 0 Å². The summed E-state index contributed by atoms with van der Waals surface area (Å²) >= 11 is 0. The summed E-state index contributed by atoms with van der Waals surface area (Å²) in [5, 5.41) is 11.2. The second-order valence-corrected chi connectivity index (χ2v) is 4.21. The molecule has 98 valence electrons. The Balaban J connectivity index is 2.09. The number of unbranched alkanes of at least 4 members (excludes halogenated alkanes) is 1. The lowest BCUT2D eigenvalue weighted by Crippen LogP contribution is -2.44. The van der Waals surface area contributed by atoms with Crippen LogP contribution in [0.3, 0.4) is 0 Å². The molecule has 1 heterocycles. The van der Waals surface area contributed by atoms with Crippen molar-refractivity contribution >= 4 is 12.0 Å². The highest BCUT2D eigenvalue weighted by molar-refractivity contribution is 5.74. The third kappa shape index (κ3) is 5.04. The third-order valence-corrected chi connectivity index (χ3v) is 2.87. The van der Waals surface area contributed by atoms with Gasteiger partial charge in [-0.2, -0.15) is 0 Å². The van der Waals surface area contributed by atoms with Gasteiger partial charge in [0.2, 0.25) is 0 Å². The molecule has 6 nitrogen and oxygen atoms in total. The maximum Gasteiger partial charge on any atom is 0.317 e. The van der Waals surface area contributed by atoms with Crippen LogP contribution < -0.4 is 5.32 Å². The summed E-state index contributed by atoms with van der Waals surface area (Å²) in [6.45, 7) is 1.83. The molecule has 2 amide bonds. The maximum absolute atomic E-state index is 11.7. The van der Waals surface area contributed by atoms with E-state index in [-0.39, 0.29) is 18.5 Å². The predicted octanol–water partition coefficient (Wildman–Crippen LogP) is 0.672. The molecule has 1 unspecified atom stereocenters. The van der Waals surface area contributed by atoms with Crippen LogP contribution in [0.25, 0.3) is 0 Å². The second-order valence-electron chi connectivity index (χ2n) is 4.21. The molecule has 0 spiro atoms. The van der Waals surface area contributed by atoms with Gasteiger partial charge in [-0.15, -0.1) is 0 Å². The van der Waals surface area contributed by atoms with Gasteiger partial charge >= 0.3 is 12.0 Å². The Labute approximate surface area is 101 Å². The number of hydrogen-bond acceptors (Lipinski definition) is 3. The number of amides is 2. The second kappa shape index (κ2) is 7.11. The predicted molar refractivity (Wildman–Crippen MR) is 61.9 cm³/mol. The van der Waals surface area contributed by atoms with Crippen molar-refractivity contribution in [2.24, 2.45) is 0 Å². The van der Waals surface area contributed by atoms with E-state index in [9.17, 15) is 9.59 Å². The van der Waals surface area contributed by atoms with Crippen LogP contribution in [0.2, 0.25) is 0 Å². The van der Waals surface area contributed by atoms with Gasteiger partial charge in [-0.3, -0.25) is 4.79 Å². The van der Waals surface area contributed by atoms with Crippen LogP contribution >= 0.6 is 0 Å². The van der Waals surface area contributed by atoms with Gasteiger partial charge in [0.15, 0.2) is 0 Å². The summed E-state index contributed by atoms with van der Waals surface area (Å²) in [6.07, 6.45) is 2.31. The molecule has 0 aromatic heterocycles. The molecular weight excluding hydrogens is 224 g/mol. The zero-order valence-electron chi connectivity index (χ0n) is 10.1. The molecule has 0 radical (unpaired) electrons. The number of carboxylic acids is 1.